The Bertz CT molecular complexity index is 398. The van der Waals surface area contributed by atoms with Crippen molar-refractivity contribution in [2.24, 2.45) is 0 Å². The molecule has 0 aliphatic carbocycles. The van der Waals surface area contributed by atoms with Gasteiger partial charge in [-0.2, -0.15) is 0 Å². The van der Waals surface area contributed by atoms with Gasteiger partial charge in [0.05, 0.1) is 5.39 Å². The van der Waals surface area contributed by atoms with Crippen molar-refractivity contribution < 1.29 is 0 Å². The highest BCUT2D eigenvalue weighted by Gasteiger charge is 2.02. The van der Waals surface area contributed by atoms with Gasteiger partial charge in [0.25, 0.3) is 0 Å². The Morgan fingerprint density at radius 1 is 1.45 bits per heavy atom. The van der Waals surface area contributed by atoms with E-state index in [9.17, 15) is 0 Å². The van der Waals surface area contributed by atoms with Crippen molar-refractivity contribution in [1.82, 2.24) is 15.0 Å². The second-order valence-electron chi connectivity index (χ2n) is 2.05. The zero-order chi connectivity index (χ0) is 7.84. The summed E-state index contributed by atoms with van der Waals surface area (Å²) in [5.41, 5.74) is 0.718. The molecule has 0 radical (unpaired) electrons. The first-order valence-corrected chi connectivity index (χ1v) is 3.79. The van der Waals surface area contributed by atoms with E-state index in [-0.39, 0.29) is 0 Å². The zero-order valence-corrected chi connectivity index (χ0v) is 7.02. The first-order chi connectivity index (χ1) is 5.27. The maximum atomic E-state index is 5.78. The summed E-state index contributed by atoms with van der Waals surface area (Å²) in [6.45, 7) is 0. The van der Waals surface area contributed by atoms with Gasteiger partial charge < -0.3 is 4.98 Å². The fourth-order valence-corrected chi connectivity index (χ4v) is 1.38. The predicted octanol–water partition coefficient (Wildman–Crippen LogP) is 1.90. The van der Waals surface area contributed by atoms with Gasteiger partial charge in [0.15, 0.2) is 5.16 Å². The molecule has 0 spiro atoms. The number of fused-ring (bicyclic) bond motifs is 1. The minimum Gasteiger partial charge on any atom is -0.346 e. The van der Waals surface area contributed by atoms with Crippen LogP contribution in [0.1, 0.15) is 0 Å². The first-order valence-electron chi connectivity index (χ1n) is 2.97. The average Bonchev–Trinajstić information content (AvgIpc) is 2.34. The highest BCUT2D eigenvalue weighted by atomic mass is 35.5. The standard InChI is InChI=1S/C6H4ClN3S/c7-4-3-1-2-8-5(3)10-6(11)9-4/h1-2H,(H2,8,9,10,11). The van der Waals surface area contributed by atoms with E-state index < -0.39 is 0 Å². The quantitative estimate of drug-likeness (QED) is 0.374. The minimum absolute atomic E-state index is 0.380. The molecule has 3 nitrogen and oxygen atoms in total. The summed E-state index contributed by atoms with van der Waals surface area (Å²) in [6, 6.07) is 1.82. The summed E-state index contributed by atoms with van der Waals surface area (Å²) >= 11 is 9.76. The van der Waals surface area contributed by atoms with Gasteiger partial charge in [0.2, 0.25) is 0 Å². The van der Waals surface area contributed by atoms with Gasteiger partial charge in [-0.1, -0.05) is 11.6 Å². The Morgan fingerprint density at radius 3 is 3.09 bits per heavy atom. The smallest absolute Gasteiger partial charge is 0.187 e. The Balaban J connectivity index is 2.91. The van der Waals surface area contributed by atoms with Crippen LogP contribution in [-0.2, 0) is 0 Å². The van der Waals surface area contributed by atoms with Gasteiger partial charge in [0, 0.05) is 6.20 Å². The zero-order valence-electron chi connectivity index (χ0n) is 5.37. The average molecular weight is 186 g/mol. The third kappa shape index (κ3) is 1.08. The molecule has 56 valence electrons. The molecule has 11 heavy (non-hydrogen) atoms. The lowest BCUT2D eigenvalue weighted by Gasteiger charge is -1.93. The lowest BCUT2D eigenvalue weighted by atomic mass is 10.4. The van der Waals surface area contributed by atoms with Crippen molar-refractivity contribution in [3.05, 3.63) is 17.4 Å². The molecule has 2 rings (SSSR count). The van der Waals surface area contributed by atoms with Crippen molar-refractivity contribution in [1.29, 1.82) is 0 Å². The van der Waals surface area contributed by atoms with Gasteiger partial charge in [-0.05, 0) is 6.07 Å². The molecule has 2 aromatic rings. The van der Waals surface area contributed by atoms with E-state index >= 15 is 0 Å². The number of hydrogen-bond acceptors (Lipinski definition) is 3. The molecule has 0 aliphatic heterocycles. The van der Waals surface area contributed by atoms with Gasteiger partial charge in [-0.25, -0.2) is 9.97 Å². The number of aromatic amines is 1. The number of hydrogen-bond donors (Lipinski definition) is 2. The Kier molecular flexibility index (Phi) is 1.51. The lowest BCUT2D eigenvalue weighted by Crippen LogP contribution is -1.84. The van der Waals surface area contributed by atoms with E-state index in [4.69, 9.17) is 11.6 Å². The second-order valence-corrected chi connectivity index (χ2v) is 2.81. The van der Waals surface area contributed by atoms with Crippen molar-refractivity contribution in [2.75, 3.05) is 0 Å². The molecule has 0 atom stereocenters. The van der Waals surface area contributed by atoms with Crippen molar-refractivity contribution in [2.45, 2.75) is 5.16 Å². The number of nitrogens with zero attached hydrogens (tertiary/aromatic N) is 2. The Labute approximate surface area is 73.2 Å². The number of halogens is 1. The number of H-pyrrole nitrogens is 1. The van der Waals surface area contributed by atoms with E-state index in [0.717, 1.165) is 11.0 Å². The summed E-state index contributed by atoms with van der Waals surface area (Å²) in [5, 5.41) is 1.63. The van der Waals surface area contributed by atoms with Crippen LogP contribution in [0.5, 0.6) is 0 Å². The topological polar surface area (TPSA) is 41.6 Å². The number of aromatic nitrogens is 3. The fourth-order valence-electron chi connectivity index (χ4n) is 0.893. The molecule has 1 N–H and O–H groups in total. The molecule has 0 aromatic carbocycles. The van der Waals surface area contributed by atoms with Gasteiger partial charge >= 0.3 is 0 Å². The molecule has 0 aliphatic rings. The van der Waals surface area contributed by atoms with Gasteiger partial charge in [-0.3, -0.25) is 0 Å². The molecule has 0 saturated carbocycles. The van der Waals surface area contributed by atoms with E-state index in [1.165, 1.54) is 0 Å². The maximum absolute atomic E-state index is 5.78. The summed E-state index contributed by atoms with van der Waals surface area (Å²) in [6.07, 6.45) is 1.76. The normalized spacial score (nSPS) is 10.7. The van der Waals surface area contributed by atoms with Crippen LogP contribution < -0.4 is 0 Å². The van der Waals surface area contributed by atoms with Crippen LogP contribution in [0, 0.1) is 0 Å². The van der Waals surface area contributed by atoms with Crippen molar-refractivity contribution in [3.8, 4) is 0 Å². The molecule has 0 unspecified atom stereocenters. The molecule has 0 saturated heterocycles. The van der Waals surface area contributed by atoms with E-state index in [0.29, 0.717) is 10.3 Å². The van der Waals surface area contributed by atoms with Crippen LogP contribution in [0.15, 0.2) is 17.4 Å². The van der Waals surface area contributed by atoms with E-state index in [2.05, 4.69) is 27.6 Å². The Morgan fingerprint density at radius 2 is 2.27 bits per heavy atom. The maximum Gasteiger partial charge on any atom is 0.187 e. The highest BCUT2D eigenvalue weighted by molar-refractivity contribution is 7.80. The van der Waals surface area contributed by atoms with Crippen LogP contribution in [0.2, 0.25) is 5.15 Å². The van der Waals surface area contributed by atoms with Crippen molar-refractivity contribution in [3.63, 3.8) is 0 Å². The molecule has 5 heteroatoms. The van der Waals surface area contributed by atoms with Crippen LogP contribution in [0.4, 0.5) is 0 Å². The summed E-state index contributed by atoms with van der Waals surface area (Å²) < 4.78 is 0. The van der Waals surface area contributed by atoms with Crippen LogP contribution in [0.3, 0.4) is 0 Å². The van der Waals surface area contributed by atoms with Crippen LogP contribution in [-0.4, -0.2) is 15.0 Å². The van der Waals surface area contributed by atoms with E-state index in [1.54, 1.807) is 6.20 Å². The molecule has 2 aromatic heterocycles. The fraction of sp³-hybridized carbons (Fsp3) is 0. The number of thiol groups is 1. The molecule has 0 amide bonds. The van der Waals surface area contributed by atoms with E-state index in [1.807, 2.05) is 6.07 Å². The SMILES string of the molecule is Sc1nc(Cl)c2cc[nH]c2n1. The summed E-state index contributed by atoms with van der Waals surface area (Å²) in [7, 11) is 0. The highest BCUT2D eigenvalue weighted by Crippen LogP contribution is 2.19. The second kappa shape index (κ2) is 2.39. The molecule has 0 fully saturated rings. The third-order valence-electron chi connectivity index (χ3n) is 1.36. The monoisotopic (exact) mass is 185 g/mol. The van der Waals surface area contributed by atoms with Gasteiger partial charge in [0.1, 0.15) is 10.8 Å². The summed E-state index contributed by atoms with van der Waals surface area (Å²) in [4.78, 5) is 10.8. The van der Waals surface area contributed by atoms with Crippen molar-refractivity contribution >= 4 is 35.3 Å². The third-order valence-corrected chi connectivity index (χ3v) is 1.85. The minimum atomic E-state index is 0.380. The molecular formula is C6H4ClN3S. The van der Waals surface area contributed by atoms with Crippen LogP contribution >= 0.6 is 24.2 Å². The first kappa shape index (κ1) is 6.94. The number of nitrogens with one attached hydrogen (secondary N) is 1. The molecular weight excluding hydrogens is 182 g/mol. The lowest BCUT2D eigenvalue weighted by molar-refractivity contribution is 1.00. The van der Waals surface area contributed by atoms with Gasteiger partial charge in [-0.15, -0.1) is 12.6 Å². The Hall–Kier alpha value is -0.740. The predicted molar refractivity (Wildman–Crippen MR) is 46.2 cm³/mol. The van der Waals surface area contributed by atoms with Crippen LogP contribution in [0.25, 0.3) is 11.0 Å². The molecule has 2 heterocycles. The number of rotatable bonds is 0. The summed E-state index contributed by atoms with van der Waals surface area (Å²) in [5.74, 6) is 0. The molecule has 0 bridgehead atoms. The largest absolute Gasteiger partial charge is 0.346 e.